The predicted molar refractivity (Wildman–Crippen MR) is 79.7 cm³/mol. The quantitative estimate of drug-likeness (QED) is 0.502. The number of hydrogen-bond donors (Lipinski definition) is 4. The summed E-state index contributed by atoms with van der Waals surface area (Å²) in [5.41, 5.74) is 1.07. The Morgan fingerprint density at radius 2 is 1.88 bits per heavy atom. The molecule has 4 N–H and O–H groups in total. The number of para-hydroxylation sites is 1. The van der Waals surface area contributed by atoms with Gasteiger partial charge in [0.2, 0.25) is 0 Å². The normalized spacial score (nSPS) is 30.6. The number of aliphatic hydroxyl groups is 4. The Balaban J connectivity index is 2.06. The van der Waals surface area contributed by atoms with E-state index in [1.165, 1.54) is 10.8 Å². The number of aliphatic hydroxyl groups excluding tert-OH is 4. The van der Waals surface area contributed by atoms with E-state index < -0.39 is 43.2 Å². The number of fused-ring (bicyclic) bond motifs is 1. The van der Waals surface area contributed by atoms with Crippen molar-refractivity contribution in [3.63, 3.8) is 0 Å². The van der Waals surface area contributed by atoms with Crippen molar-refractivity contribution in [3.05, 3.63) is 36.0 Å². The van der Waals surface area contributed by atoms with Gasteiger partial charge in [0, 0.05) is 24.0 Å². The number of carbonyl (C=O) groups excluding carboxylic acids is 1. The summed E-state index contributed by atoms with van der Waals surface area (Å²) < 4.78 is 7.03. The number of aromatic nitrogens is 1. The summed E-state index contributed by atoms with van der Waals surface area (Å²) in [5.74, 6) is -1.24. The third kappa shape index (κ3) is 2.79. The molecule has 24 heavy (non-hydrogen) atoms. The maximum Gasteiger partial charge on any atom is 0.163 e. The lowest BCUT2D eigenvalue weighted by atomic mass is 9.98. The van der Waals surface area contributed by atoms with Crippen molar-refractivity contribution in [3.8, 4) is 0 Å². The van der Waals surface area contributed by atoms with Crippen LogP contribution in [0.3, 0.4) is 0 Å². The largest absolute Gasteiger partial charge is 0.550 e. The van der Waals surface area contributed by atoms with E-state index in [2.05, 4.69) is 0 Å². The highest BCUT2D eigenvalue weighted by molar-refractivity contribution is 5.87. The molecular formula is C16H18NO7-. The number of ether oxygens (including phenoxy) is 1. The van der Waals surface area contributed by atoms with Crippen molar-refractivity contribution in [1.29, 1.82) is 0 Å². The minimum Gasteiger partial charge on any atom is -0.550 e. The number of benzene rings is 1. The fraction of sp³-hybridized carbons (Fsp3) is 0.438. The van der Waals surface area contributed by atoms with E-state index >= 15 is 0 Å². The first-order valence-electron chi connectivity index (χ1n) is 7.53. The van der Waals surface area contributed by atoms with Crippen LogP contribution >= 0.6 is 0 Å². The average Bonchev–Trinajstić information content (AvgIpc) is 2.91. The Hall–Kier alpha value is -1.97. The number of aliphatic carboxylic acids is 1. The molecule has 0 bridgehead atoms. The van der Waals surface area contributed by atoms with Crippen LogP contribution in [0.15, 0.2) is 30.5 Å². The van der Waals surface area contributed by atoms with Crippen LogP contribution in [0.2, 0.25) is 0 Å². The zero-order valence-electron chi connectivity index (χ0n) is 12.6. The Bertz CT molecular complexity index is 741. The van der Waals surface area contributed by atoms with Crippen LogP contribution in [0.1, 0.15) is 11.8 Å². The van der Waals surface area contributed by atoms with Gasteiger partial charge in [-0.1, -0.05) is 18.2 Å². The summed E-state index contributed by atoms with van der Waals surface area (Å²) >= 11 is 0. The number of carbonyl (C=O) groups is 1. The lowest BCUT2D eigenvalue weighted by molar-refractivity contribution is -0.304. The molecule has 130 valence electrons. The van der Waals surface area contributed by atoms with Crippen LogP contribution in [0.5, 0.6) is 0 Å². The van der Waals surface area contributed by atoms with Crippen molar-refractivity contribution in [2.24, 2.45) is 0 Å². The van der Waals surface area contributed by atoms with Gasteiger partial charge >= 0.3 is 0 Å². The van der Waals surface area contributed by atoms with Gasteiger partial charge in [-0.2, -0.15) is 0 Å². The fourth-order valence-corrected chi connectivity index (χ4v) is 3.10. The standard InChI is InChI=1S/C16H19NO7/c18-7-11-13(21)14(22)15(23)16(24-11)17-6-8(5-12(19)20)9-3-1-2-4-10(9)17/h1-4,6,11,13-16,18,21-23H,5,7H2,(H,19,20)/p-1/t11-,13-,14+,15-,16-/m1/s1. The van der Waals surface area contributed by atoms with Gasteiger partial charge in [-0.25, -0.2) is 0 Å². The molecule has 0 spiro atoms. The molecule has 5 atom stereocenters. The van der Waals surface area contributed by atoms with Crippen LogP contribution in [-0.4, -0.2) is 62.0 Å². The maximum atomic E-state index is 10.9. The molecule has 3 rings (SSSR count). The molecule has 8 heteroatoms. The predicted octanol–water partition coefficient (Wildman–Crippen LogP) is -2.09. The van der Waals surface area contributed by atoms with Crippen molar-refractivity contribution >= 4 is 16.9 Å². The van der Waals surface area contributed by atoms with Gasteiger partial charge in [0.05, 0.1) is 12.1 Å². The molecule has 1 aromatic heterocycles. The highest BCUT2D eigenvalue weighted by Crippen LogP contribution is 2.33. The van der Waals surface area contributed by atoms with E-state index in [4.69, 9.17) is 4.74 Å². The summed E-state index contributed by atoms with van der Waals surface area (Å²) in [6, 6.07) is 6.94. The van der Waals surface area contributed by atoms with Crippen molar-refractivity contribution in [2.75, 3.05) is 6.61 Å². The molecular weight excluding hydrogens is 318 g/mol. The number of rotatable bonds is 4. The number of carboxylic acids is 1. The van der Waals surface area contributed by atoms with Gasteiger partial charge in [0.1, 0.15) is 24.4 Å². The molecule has 1 saturated heterocycles. The van der Waals surface area contributed by atoms with Crippen molar-refractivity contribution < 1.29 is 35.1 Å². The molecule has 2 heterocycles. The molecule has 2 aromatic rings. The topological polar surface area (TPSA) is 135 Å². The van der Waals surface area contributed by atoms with E-state index in [-0.39, 0.29) is 6.42 Å². The minimum atomic E-state index is -1.51. The second-order valence-electron chi connectivity index (χ2n) is 5.85. The first-order valence-corrected chi connectivity index (χ1v) is 7.53. The average molecular weight is 336 g/mol. The second kappa shape index (κ2) is 6.50. The lowest BCUT2D eigenvalue weighted by Crippen LogP contribution is -2.56. The smallest absolute Gasteiger partial charge is 0.163 e. The molecule has 0 amide bonds. The van der Waals surface area contributed by atoms with E-state index in [0.29, 0.717) is 16.5 Å². The van der Waals surface area contributed by atoms with Gasteiger partial charge in [0.15, 0.2) is 6.23 Å². The summed E-state index contributed by atoms with van der Waals surface area (Å²) in [5, 5.41) is 51.0. The molecule has 8 nitrogen and oxygen atoms in total. The summed E-state index contributed by atoms with van der Waals surface area (Å²) in [6.45, 7) is -0.535. The van der Waals surface area contributed by atoms with E-state index in [9.17, 15) is 30.3 Å². The fourth-order valence-electron chi connectivity index (χ4n) is 3.10. The van der Waals surface area contributed by atoms with Crippen LogP contribution in [-0.2, 0) is 16.0 Å². The summed E-state index contributed by atoms with van der Waals surface area (Å²) in [6.07, 6.45) is -5.34. The highest BCUT2D eigenvalue weighted by Gasteiger charge is 2.44. The lowest BCUT2D eigenvalue weighted by Gasteiger charge is -2.40. The molecule has 0 aliphatic carbocycles. The van der Waals surface area contributed by atoms with Crippen LogP contribution in [0, 0.1) is 0 Å². The van der Waals surface area contributed by atoms with Crippen LogP contribution in [0.4, 0.5) is 0 Å². The zero-order valence-corrected chi connectivity index (χ0v) is 12.6. The van der Waals surface area contributed by atoms with Gasteiger partial charge in [-0.3, -0.25) is 0 Å². The van der Waals surface area contributed by atoms with Gasteiger partial charge < -0.3 is 39.6 Å². The first kappa shape index (κ1) is 16.9. The second-order valence-corrected chi connectivity index (χ2v) is 5.85. The monoisotopic (exact) mass is 336 g/mol. The third-order valence-electron chi connectivity index (χ3n) is 4.30. The van der Waals surface area contributed by atoms with Crippen LogP contribution in [0.25, 0.3) is 10.9 Å². The number of nitrogens with zero attached hydrogens (tertiary/aromatic N) is 1. The van der Waals surface area contributed by atoms with Crippen LogP contribution < -0.4 is 5.11 Å². The Kier molecular flexibility index (Phi) is 4.57. The van der Waals surface area contributed by atoms with Gasteiger partial charge in [0.25, 0.3) is 0 Å². The molecule has 0 radical (unpaired) electrons. The molecule has 1 aliphatic heterocycles. The number of hydrogen-bond acceptors (Lipinski definition) is 7. The number of carboxylic acid groups (broad SMARTS) is 1. The molecule has 0 unspecified atom stereocenters. The van der Waals surface area contributed by atoms with Crippen molar-refractivity contribution in [1.82, 2.24) is 4.57 Å². The van der Waals surface area contributed by atoms with Gasteiger partial charge in [-0.05, 0) is 11.6 Å². The Morgan fingerprint density at radius 1 is 1.17 bits per heavy atom. The van der Waals surface area contributed by atoms with E-state index in [0.717, 1.165) is 0 Å². The van der Waals surface area contributed by atoms with Crippen molar-refractivity contribution in [2.45, 2.75) is 37.1 Å². The Morgan fingerprint density at radius 3 is 2.54 bits per heavy atom. The van der Waals surface area contributed by atoms with Gasteiger partial charge in [-0.15, -0.1) is 0 Å². The molecule has 0 saturated carbocycles. The SMILES string of the molecule is O=C([O-])Cc1cn([C@@H]2O[C@H](CO)[C@@H](O)[C@H](O)[C@H]2O)c2ccccc12. The summed E-state index contributed by atoms with van der Waals surface area (Å²) in [7, 11) is 0. The van der Waals surface area contributed by atoms with E-state index in [1.54, 1.807) is 24.3 Å². The van der Waals surface area contributed by atoms with E-state index in [1.807, 2.05) is 0 Å². The summed E-state index contributed by atoms with van der Waals surface area (Å²) in [4.78, 5) is 10.9. The molecule has 1 fully saturated rings. The first-order chi connectivity index (χ1) is 11.4. The highest BCUT2D eigenvalue weighted by atomic mass is 16.6. The zero-order chi connectivity index (χ0) is 17.4. The molecule has 1 aliphatic rings. The molecule has 1 aromatic carbocycles. The maximum absolute atomic E-state index is 10.9. The Labute approximate surface area is 137 Å². The minimum absolute atomic E-state index is 0.315. The third-order valence-corrected chi connectivity index (χ3v) is 4.30.